The van der Waals surface area contributed by atoms with Crippen molar-refractivity contribution in [2.75, 3.05) is 26.7 Å². The summed E-state index contributed by atoms with van der Waals surface area (Å²) in [5.41, 5.74) is 3.67. The molecule has 1 heterocycles. The normalized spacial score (nSPS) is 16.0. The molecule has 156 valence electrons. The van der Waals surface area contributed by atoms with Gasteiger partial charge in [-0.1, -0.05) is 54.1 Å². The van der Waals surface area contributed by atoms with Crippen LogP contribution in [0.15, 0.2) is 53.5 Å². The zero-order valence-corrected chi connectivity index (χ0v) is 17.8. The fourth-order valence-electron chi connectivity index (χ4n) is 3.52. The molecule has 1 aliphatic heterocycles. The molecule has 29 heavy (non-hydrogen) atoms. The number of nitrogens with one attached hydrogen (secondary N) is 2. The van der Waals surface area contributed by atoms with Gasteiger partial charge in [-0.3, -0.25) is 9.89 Å². The zero-order valence-electron chi connectivity index (χ0n) is 17.1. The molecule has 0 atom stereocenters. The predicted molar refractivity (Wildman–Crippen MR) is 120 cm³/mol. The van der Waals surface area contributed by atoms with Gasteiger partial charge in [0.15, 0.2) is 5.96 Å². The Bertz CT molecular complexity index is 786. The van der Waals surface area contributed by atoms with Crippen LogP contribution in [0.4, 0.5) is 0 Å². The lowest BCUT2D eigenvalue weighted by molar-refractivity contribution is 0.0792. The van der Waals surface area contributed by atoms with E-state index in [2.05, 4.69) is 44.8 Å². The standard InChI is InChI=1S/C23H31ClN4O/c1-25-23(26-13-10-20-4-2-3-5-22(20)24)27-16-18-6-8-19(9-7-18)17-28-14-11-21(29)12-15-28/h2-9,21,29H,10-17H2,1H3,(H2,25,26,27). The van der Waals surface area contributed by atoms with Crippen LogP contribution in [-0.4, -0.2) is 48.8 Å². The first kappa shape index (κ1) is 21.6. The minimum Gasteiger partial charge on any atom is -0.393 e. The average Bonchev–Trinajstić information content (AvgIpc) is 2.74. The molecule has 1 fully saturated rings. The number of hydrogen-bond acceptors (Lipinski definition) is 3. The van der Waals surface area contributed by atoms with Crippen molar-refractivity contribution in [2.45, 2.75) is 38.5 Å². The quantitative estimate of drug-likeness (QED) is 0.481. The van der Waals surface area contributed by atoms with E-state index < -0.39 is 0 Å². The number of guanidine groups is 1. The topological polar surface area (TPSA) is 59.9 Å². The Morgan fingerprint density at radius 2 is 1.76 bits per heavy atom. The van der Waals surface area contributed by atoms with Crippen molar-refractivity contribution in [2.24, 2.45) is 4.99 Å². The van der Waals surface area contributed by atoms with Gasteiger partial charge in [-0.25, -0.2) is 0 Å². The molecule has 1 aliphatic rings. The van der Waals surface area contributed by atoms with Gasteiger partial charge in [0, 0.05) is 44.8 Å². The summed E-state index contributed by atoms with van der Waals surface area (Å²) in [6, 6.07) is 16.6. The van der Waals surface area contributed by atoms with Gasteiger partial charge in [0.2, 0.25) is 0 Å². The molecule has 5 nitrogen and oxygen atoms in total. The van der Waals surface area contributed by atoms with E-state index in [1.165, 1.54) is 11.1 Å². The number of nitrogens with zero attached hydrogens (tertiary/aromatic N) is 2. The highest BCUT2D eigenvalue weighted by Gasteiger charge is 2.16. The van der Waals surface area contributed by atoms with Crippen LogP contribution >= 0.6 is 11.6 Å². The maximum absolute atomic E-state index is 9.62. The van der Waals surface area contributed by atoms with Crippen LogP contribution in [0.3, 0.4) is 0 Å². The van der Waals surface area contributed by atoms with E-state index in [1.54, 1.807) is 7.05 Å². The number of halogens is 1. The van der Waals surface area contributed by atoms with E-state index in [9.17, 15) is 5.11 Å². The molecule has 0 radical (unpaired) electrons. The Hall–Kier alpha value is -2.08. The molecule has 3 N–H and O–H groups in total. The first-order chi connectivity index (χ1) is 14.1. The summed E-state index contributed by atoms with van der Waals surface area (Å²) in [5, 5.41) is 17.1. The van der Waals surface area contributed by atoms with E-state index in [-0.39, 0.29) is 6.10 Å². The maximum atomic E-state index is 9.62. The molecule has 0 amide bonds. The smallest absolute Gasteiger partial charge is 0.191 e. The Balaban J connectivity index is 1.40. The van der Waals surface area contributed by atoms with Crippen LogP contribution < -0.4 is 10.6 Å². The molecular weight excluding hydrogens is 384 g/mol. The van der Waals surface area contributed by atoms with E-state index in [0.29, 0.717) is 0 Å². The lowest BCUT2D eigenvalue weighted by Gasteiger charge is -2.29. The second kappa shape index (κ2) is 11.2. The van der Waals surface area contributed by atoms with Crippen LogP contribution in [0.5, 0.6) is 0 Å². The van der Waals surface area contributed by atoms with E-state index in [0.717, 1.165) is 68.5 Å². The molecule has 0 bridgehead atoms. The minimum absolute atomic E-state index is 0.118. The number of likely N-dealkylation sites (tertiary alicyclic amines) is 1. The highest BCUT2D eigenvalue weighted by atomic mass is 35.5. The zero-order chi connectivity index (χ0) is 20.5. The lowest BCUT2D eigenvalue weighted by Crippen LogP contribution is -2.37. The highest BCUT2D eigenvalue weighted by molar-refractivity contribution is 6.31. The highest BCUT2D eigenvalue weighted by Crippen LogP contribution is 2.15. The van der Waals surface area contributed by atoms with Gasteiger partial charge in [-0.05, 0) is 42.0 Å². The number of aliphatic hydroxyl groups excluding tert-OH is 1. The van der Waals surface area contributed by atoms with E-state index in [1.807, 2.05) is 24.3 Å². The van der Waals surface area contributed by atoms with Crippen molar-refractivity contribution in [3.05, 3.63) is 70.2 Å². The second-order valence-electron chi connectivity index (χ2n) is 7.52. The number of rotatable bonds is 7. The van der Waals surface area contributed by atoms with Crippen molar-refractivity contribution in [1.82, 2.24) is 15.5 Å². The summed E-state index contributed by atoms with van der Waals surface area (Å²) in [6.07, 6.45) is 2.49. The summed E-state index contributed by atoms with van der Waals surface area (Å²) in [7, 11) is 1.78. The maximum Gasteiger partial charge on any atom is 0.191 e. The van der Waals surface area contributed by atoms with Gasteiger partial charge in [0.05, 0.1) is 6.10 Å². The Morgan fingerprint density at radius 1 is 1.07 bits per heavy atom. The van der Waals surface area contributed by atoms with Crippen LogP contribution in [0.2, 0.25) is 5.02 Å². The molecule has 3 rings (SSSR count). The molecule has 0 aromatic heterocycles. The van der Waals surface area contributed by atoms with Crippen LogP contribution in [0.25, 0.3) is 0 Å². The third-order valence-corrected chi connectivity index (χ3v) is 5.68. The Kier molecular flexibility index (Phi) is 8.35. The monoisotopic (exact) mass is 414 g/mol. The molecular formula is C23H31ClN4O. The molecule has 0 unspecified atom stereocenters. The van der Waals surface area contributed by atoms with Gasteiger partial charge in [-0.15, -0.1) is 0 Å². The van der Waals surface area contributed by atoms with Crippen molar-refractivity contribution in [3.63, 3.8) is 0 Å². The summed E-state index contributed by atoms with van der Waals surface area (Å²) in [5.74, 6) is 0.785. The fourth-order valence-corrected chi connectivity index (χ4v) is 3.75. The summed E-state index contributed by atoms with van der Waals surface area (Å²) < 4.78 is 0. The van der Waals surface area contributed by atoms with E-state index >= 15 is 0 Å². The number of aliphatic hydroxyl groups is 1. The third kappa shape index (κ3) is 7.03. The van der Waals surface area contributed by atoms with Crippen molar-refractivity contribution in [3.8, 4) is 0 Å². The summed E-state index contributed by atoms with van der Waals surface area (Å²) in [4.78, 5) is 6.70. The third-order valence-electron chi connectivity index (χ3n) is 5.31. The van der Waals surface area contributed by atoms with Crippen molar-refractivity contribution in [1.29, 1.82) is 0 Å². The molecule has 2 aromatic rings. The van der Waals surface area contributed by atoms with Crippen LogP contribution in [0.1, 0.15) is 29.5 Å². The molecule has 6 heteroatoms. The summed E-state index contributed by atoms with van der Waals surface area (Å²) in [6.45, 7) is 4.39. The number of piperidine rings is 1. The fraction of sp³-hybridized carbons (Fsp3) is 0.435. The van der Waals surface area contributed by atoms with Gasteiger partial charge in [0.1, 0.15) is 0 Å². The first-order valence-electron chi connectivity index (χ1n) is 10.3. The van der Waals surface area contributed by atoms with Crippen molar-refractivity contribution < 1.29 is 5.11 Å². The lowest BCUT2D eigenvalue weighted by atomic mass is 10.1. The average molecular weight is 415 g/mol. The number of aliphatic imine (C=N–C) groups is 1. The first-order valence-corrected chi connectivity index (χ1v) is 10.7. The van der Waals surface area contributed by atoms with Crippen LogP contribution in [-0.2, 0) is 19.5 Å². The SMILES string of the molecule is CN=C(NCCc1ccccc1Cl)NCc1ccc(CN2CCC(O)CC2)cc1. The van der Waals surface area contributed by atoms with E-state index in [4.69, 9.17) is 11.6 Å². The van der Waals surface area contributed by atoms with Gasteiger partial charge >= 0.3 is 0 Å². The van der Waals surface area contributed by atoms with Gasteiger partial charge in [-0.2, -0.15) is 0 Å². The molecule has 0 aliphatic carbocycles. The molecule has 0 saturated carbocycles. The molecule has 0 spiro atoms. The molecule has 1 saturated heterocycles. The minimum atomic E-state index is -0.118. The van der Waals surface area contributed by atoms with Crippen molar-refractivity contribution >= 4 is 17.6 Å². The van der Waals surface area contributed by atoms with Gasteiger partial charge in [0.25, 0.3) is 0 Å². The summed E-state index contributed by atoms with van der Waals surface area (Å²) >= 11 is 6.21. The Labute approximate surface area is 178 Å². The largest absolute Gasteiger partial charge is 0.393 e. The second-order valence-corrected chi connectivity index (χ2v) is 7.92. The number of benzene rings is 2. The number of hydrogen-bond donors (Lipinski definition) is 3. The molecule has 2 aromatic carbocycles. The Morgan fingerprint density at radius 3 is 2.45 bits per heavy atom. The van der Waals surface area contributed by atoms with Crippen LogP contribution in [0, 0.1) is 0 Å². The van der Waals surface area contributed by atoms with Gasteiger partial charge < -0.3 is 15.7 Å². The predicted octanol–water partition coefficient (Wildman–Crippen LogP) is 3.20.